The van der Waals surface area contributed by atoms with Crippen LogP contribution in [-0.4, -0.2) is 67.2 Å². The Labute approximate surface area is 172 Å². The van der Waals surface area contributed by atoms with Crippen LogP contribution in [0.2, 0.25) is 0 Å². The summed E-state index contributed by atoms with van der Waals surface area (Å²) < 4.78 is 12.4. The van der Waals surface area contributed by atoms with Crippen molar-refractivity contribution >= 4 is 17.2 Å². The van der Waals surface area contributed by atoms with E-state index in [1.54, 1.807) is 11.3 Å². The molecule has 28 heavy (non-hydrogen) atoms. The lowest BCUT2D eigenvalue weighted by atomic mass is 9.85. The zero-order valence-electron chi connectivity index (χ0n) is 17.0. The van der Waals surface area contributed by atoms with Crippen molar-refractivity contribution < 1.29 is 14.3 Å². The van der Waals surface area contributed by atoms with Gasteiger partial charge in [0.05, 0.1) is 17.1 Å². The molecule has 0 unspecified atom stereocenters. The third-order valence-electron chi connectivity index (χ3n) is 7.44. The first-order valence-electron chi connectivity index (χ1n) is 11.1. The number of nitrogens with zero attached hydrogens (tertiary/aromatic N) is 2. The van der Waals surface area contributed by atoms with Crippen LogP contribution >= 0.6 is 11.3 Å². The van der Waals surface area contributed by atoms with Gasteiger partial charge in [0.25, 0.3) is 5.91 Å². The Morgan fingerprint density at radius 2 is 1.86 bits per heavy atom. The normalized spacial score (nSPS) is 26.7. The molecule has 154 valence electrons. The van der Waals surface area contributed by atoms with Gasteiger partial charge in [-0.25, -0.2) is 0 Å². The molecule has 2 spiro atoms. The summed E-state index contributed by atoms with van der Waals surface area (Å²) in [6.45, 7) is 8.85. The average Bonchev–Trinajstić information content (AvgIpc) is 3.37. The van der Waals surface area contributed by atoms with Crippen LogP contribution in [0.15, 0.2) is 6.07 Å². The van der Waals surface area contributed by atoms with E-state index < -0.39 is 0 Å². The van der Waals surface area contributed by atoms with Gasteiger partial charge in [0.1, 0.15) is 5.60 Å². The summed E-state index contributed by atoms with van der Waals surface area (Å²) in [5.74, 6) is 0.216. The van der Waals surface area contributed by atoms with Crippen molar-refractivity contribution in [2.24, 2.45) is 0 Å². The van der Waals surface area contributed by atoms with E-state index in [1.807, 2.05) is 0 Å². The average molecular weight is 405 g/mol. The van der Waals surface area contributed by atoms with Crippen molar-refractivity contribution in [2.75, 3.05) is 45.9 Å². The van der Waals surface area contributed by atoms with E-state index in [2.05, 4.69) is 22.8 Å². The van der Waals surface area contributed by atoms with Gasteiger partial charge in [0.15, 0.2) is 0 Å². The Morgan fingerprint density at radius 3 is 2.54 bits per heavy atom. The smallest absolute Gasteiger partial charge is 0.263 e. The Bertz CT molecular complexity index is 722. The molecule has 0 atom stereocenters. The van der Waals surface area contributed by atoms with Crippen LogP contribution in [-0.2, 0) is 21.5 Å². The van der Waals surface area contributed by atoms with E-state index in [-0.39, 0.29) is 17.1 Å². The van der Waals surface area contributed by atoms with E-state index in [9.17, 15) is 4.79 Å². The van der Waals surface area contributed by atoms with Gasteiger partial charge in [-0.15, -0.1) is 11.3 Å². The van der Waals surface area contributed by atoms with Crippen LogP contribution in [0, 0.1) is 0 Å². The molecule has 1 aromatic heterocycles. The largest absolute Gasteiger partial charge is 0.375 e. The molecule has 5 heterocycles. The Balaban J connectivity index is 1.32. The van der Waals surface area contributed by atoms with Gasteiger partial charge < -0.3 is 19.3 Å². The van der Waals surface area contributed by atoms with E-state index in [4.69, 9.17) is 9.47 Å². The van der Waals surface area contributed by atoms with Crippen molar-refractivity contribution in [3.63, 3.8) is 0 Å². The number of piperidine rings is 2. The highest BCUT2D eigenvalue weighted by atomic mass is 32.1. The van der Waals surface area contributed by atoms with Gasteiger partial charge in [0, 0.05) is 37.7 Å². The lowest BCUT2D eigenvalue weighted by Gasteiger charge is -2.43. The molecular formula is C22H32N2O3S. The molecule has 0 N–H and O–H groups in total. The molecule has 1 amide bonds. The van der Waals surface area contributed by atoms with Crippen molar-refractivity contribution in [2.45, 2.75) is 63.1 Å². The molecule has 0 saturated carbocycles. The number of carbonyl (C=O) groups excluding carboxylic acids is 1. The molecule has 0 aliphatic carbocycles. The minimum Gasteiger partial charge on any atom is -0.375 e. The summed E-state index contributed by atoms with van der Waals surface area (Å²) in [6.07, 6.45) is 7.35. The van der Waals surface area contributed by atoms with Gasteiger partial charge >= 0.3 is 0 Å². The summed E-state index contributed by atoms with van der Waals surface area (Å²) in [5, 5.41) is 0. The molecule has 5 rings (SSSR count). The number of fused-ring (bicyclic) bond motifs is 2. The number of hydrogen-bond acceptors (Lipinski definition) is 5. The first-order valence-corrected chi connectivity index (χ1v) is 11.9. The fourth-order valence-electron chi connectivity index (χ4n) is 5.55. The maximum Gasteiger partial charge on any atom is 0.263 e. The standard InChI is InChI=1S/C22H32N2O3S/c1-2-23-10-8-22(9-11-23)19-17(4-15-27-22)16-18(28-19)20(25)24-12-6-21(7-13-24)5-3-14-26-21/h16H,2-15H2,1H3. The molecule has 3 fully saturated rings. The molecule has 3 saturated heterocycles. The minimum atomic E-state index is -0.147. The van der Waals surface area contributed by atoms with Gasteiger partial charge in [-0.3, -0.25) is 4.79 Å². The lowest BCUT2D eigenvalue weighted by Crippen LogP contribution is -2.46. The van der Waals surface area contributed by atoms with E-state index in [0.29, 0.717) is 0 Å². The van der Waals surface area contributed by atoms with E-state index >= 15 is 0 Å². The minimum absolute atomic E-state index is 0.0661. The Morgan fingerprint density at radius 1 is 1.07 bits per heavy atom. The van der Waals surface area contributed by atoms with Crippen LogP contribution in [0.1, 0.15) is 65.6 Å². The lowest BCUT2D eigenvalue weighted by molar-refractivity contribution is -0.0944. The third-order valence-corrected chi connectivity index (χ3v) is 8.79. The summed E-state index contributed by atoms with van der Waals surface area (Å²) in [7, 11) is 0. The van der Waals surface area contributed by atoms with Crippen LogP contribution in [0.25, 0.3) is 0 Å². The second-order valence-electron chi connectivity index (χ2n) is 8.92. The molecule has 4 aliphatic rings. The van der Waals surface area contributed by atoms with Crippen LogP contribution in [0.4, 0.5) is 0 Å². The highest BCUT2D eigenvalue weighted by Crippen LogP contribution is 2.46. The molecule has 0 aromatic carbocycles. The summed E-state index contributed by atoms with van der Waals surface area (Å²) in [6, 6.07) is 2.18. The maximum atomic E-state index is 13.2. The van der Waals surface area contributed by atoms with Crippen LogP contribution < -0.4 is 0 Å². The first kappa shape index (κ1) is 19.0. The van der Waals surface area contributed by atoms with Crippen molar-refractivity contribution in [3.8, 4) is 0 Å². The van der Waals surface area contributed by atoms with E-state index in [0.717, 1.165) is 89.3 Å². The number of carbonyl (C=O) groups is 1. The molecular weight excluding hydrogens is 372 g/mol. The van der Waals surface area contributed by atoms with Gasteiger partial charge in [-0.05, 0) is 63.1 Å². The van der Waals surface area contributed by atoms with Crippen LogP contribution in [0.5, 0.6) is 0 Å². The molecule has 4 aliphatic heterocycles. The molecule has 0 bridgehead atoms. The summed E-state index contributed by atoms with van der Waals surface area (Å²) in [4.78, 5) is 20.0. The second-order valence-corrected chi connectivity index (χ2v) is 9.97. The third kappa shape index (κ3) is 3.22. The Kier molecular flexibility index (Phi) is 5.02. The summed E-state index contributed by atoms with van der Waals surface area (Å²) in [5.41, 5.74) is 1.28. The fraction of sp³-hybridized carbons (Fsp3) is 0.773. The number of ether oxygens (including phenoxy) is 2. The number of rotatable bonds is 2. The Hall–Kier alpha value is -0.950. The fourth-order valence-corrected chi connectivity index (χ4v) is 6.93. The van der Waals surface area contributed by atoms with Crippen LogP contribution in [0.3, 0.4) is 0 Å². The maximum absolute atomic E-state index is 13.2. The molecule has 6 heteroatoms. The highest BCUT2D eigenvalue weighted by Gasteiger charge is 2.43. The predicted molar refractivity (Wildman–Crippen MR) is 110 cm³/mol. The number of thiophene rings is 1. The van der Waals surface area contributed by atoms with Crippen molar-refractivity contribution in [1.29, 1.82) is 0 Å². The SMILES string of the molecule is CCN1CCC2(CC1)OCCc1cc(C(=O)N3CCC4(CCCO4)CC3)sc12. The zero-order valence-corrected chi connectivity index (χ0v) is 17.8. The second kappa shape index (κ2) is 7.38. The van der Waals surface area contributed by atoms with Crippen molar-refractivity contribution in [1.82, 2.24) is 9.80 Å². The topological polar surface area (TPSA) is 42.0 Å². The predicted octanol–water partition coefficient (Wildman–Crippen LogP) is 3.42. The quantitative estimate of drug-likeness (QED) is 0.758. The number of amides is 1. The van der Waals surface area contributed by atoms with E-state index in [1.165, 1.54) is 16.9 Å². The van der Waals surface area contributed by atoms with Crippen molar-refractivity contribution in [3.05, 3.63) is 21.4 Å². The van der Waals surface area contributed by atoms with Gasteiger partial charge in [-0.2, -0.15) is 0 Å². The monoisotopic (exact) mass is 404 g/mol. The van der Waals surface area contributed by atoms with Gasteiger partial charge in [0.2, 0.25) is 0 Å². The molecule has 0 radical (unpaired) electrons. The first-order chi connectivity index (χ1) is 13.6. The summed E-state index contributed by atoms with van der Waals surface area (Å²) >= 11 is 1.71. The number of likely N-dealkylation sites (tertiary alicyclic amines) is 2. The van der Waals surface area contributed by atoms with Gasteiger partial charge in [-0.1, -0.05) is 6.92 Å². The highest BCUT2D eigenvalue weighted by molar-refractivity contribution is 7.14. The molecule has 5 nitrogen and oxygen atoms in total. The number of hydrogen-bond donors (Lipinski definition) is 0. The zero-order chi connectivity index (χ0) is 19.2. The molecule has 1 aromatic rings.